The van der Waals surface area contributed by atoms with Crippen molar-refractivity contribution in [2.24, 2.45) is 0 Å². The molecule has 0 amide bonds. The van der Waals surface area contributed by atoms with Gasteiger partial charge in [0.2, 0.25) is 0 Å². The molecule has 0 fully saturated rings. The van der Waals surface area contributed by atoms with Gasteiger partial charge in [-0.15, -0.1) is 0 Å². The lowest BCUT2D eigenvalue weighted by Crippen LogP contribution is -1.95. The summed E-state index contributed by atoms with van der Waals surface area (Å²) in [7, 11) is 0. The molecule has 0 aliphatic heterocycles. The van der Waals surface area contributed by atoms with Gasteiger partial charge in [-0.2, -0.15) is 0 Å². The number of allylic oxidation sites excluding steroid dienone is 3. The van der Waals surface area contributed by atoms with E-state index in [1.807, 2.05) is 62.4 Å². The number of rotatable bonds is 4. The summed E-state index contributed by atoms with van der Waals surface area (Å²) in [6, 6.07) is 9.93. The highest BCUT2D eigenvalue weighted by molar-refractivity contribution is 5.33. The van der Waals surface area contributed by atoms with E-state index in [0.29, 0.717) is 13.2 Å². The highest BCUT2D eigenvalue weighted by Crippen LogP contribution is 1.96. The highest BCUT2D eigenvalue weighted by Gasteiger charge is 1.87. The van der Waals surface area contributed by atoms with Crippen LogP contribution in [0.5, 0.6) is 0 Å². The first kappa shape index (κ1) is 13.3. The summed E-state index contributed by atoms with van der Waals surface area (Å²) in [5.74, 6) is 6.05. The molecule has 0 N–H and O–H groups in total. The molecule has 0 spiro atoms. The van der Waals surface area contributed by atoms with E-state index in [9.17, 15) is 0 Å². The van der Waals surface area contributed by atoms with Crippen LogP contribution in [0.4, 0.5) is 0 Å². The molecule has 0 heterocycles. The molecule has 0 unspecified atom stereocenters. The normalized spacial score (nSPS) is 11.3. The molecular formula is C16H18O. The fraction of sp³-hybridized carbons (Fsp3) is 0.250. The van der Waals surface area contributed by atoms with Crippen molar-refractivity contribution in [3.05, 3.63) is 59.7 Å². The molecule has 1 aromatic rings. The minimum Gasteiger partial charge on any atom is -0.364 e. The molecule has 0 atom stereocenters. The van der Waals surface area contributed by atoms with Gasteiger partial charge < -0.3 is 4.74 Å². The minimum atomic E-state index is 0.468. The van der Waals surface area contributed by atoms with E-state index in [2.05, 4.69) is 11.8 Å². The molecule has 0 saturated carbocycles. The number of hydrogen-bond acceptors (Lipinski definition) is 1. The van der Waals surface area contributed by atoms with Crippen LogP contribution < -0.4 is 0 Å². The lowest BCUT2D eigenvalue weighted by molar-refractivity contribution is 0.192. The molecule has 1 aromatic carbocycles. The molecule has 17 heavy (non-hydrogen) atoms. The molecule has 1 heteroatoms. The van der Waals surface area contributed by atoms with Crippen LogP contribution in [0.15, 0.2) is 54.1 Å². The van der Waals surface area contributed by atoms with Crippen molar-refractivity contribution < 1.29 is 4.74 Å². The van der Waals surface area contributed by atoms with Gasteiger partial charge in [0.1, 0.15) is 6.61 Å². The molecule has 1 rings (SSSR count). The third-order valence-electron chi connectivity index (χ3n) is 2.08. The quantitative estimate of drug-likeness (QED) is 0.433. The third kappa shape index (κ3) is 6.40. The van der Waals surface area contributed by atoms with Gasteiger partial charge in [-0.3, -0.25) is 0 Å². The zero-order valence-corrected chi connectivity index (χ0v) is 10.4. The van der Waals surface area contributed by atoms with Gasteiger partial charge in [0, 0.05) is 5.56 Å². The zero-order valence-electron chi connectivity index (χ0n) is 10.4. The molecule has 0 aromatic heterocycles. The van der Waals surface area contributed by atoms with Crippen molar-refractivity contribution in [1.29, 1.82) is 0 Å². The molecule has 0 aliphatic carbocycles. The first-order valence-electron chi connectivity index (χ1n) is 5.73. The number of benzene rings is 1. The third-order valence-corrected chi connectivity index (χ3v) is 2.08. The van der Waals surface area contributed by atoms with Gasteiger partial charge in [-0.05, 0) is 31.6 Å². The van der Waals surface area contributed by atoms with Crippen LogP contribution >= 0.6 is 0 Å². The molecule has 0 bridgehead atoms. The second-order valence-electron chi connectivity index (χ2n) is 3.70. The van der Waals surface area contributed by atoms with Crippen LogP contribution in [0, 0.1) is 11.8 Å². The van der Waals surface area contributed by atoms with E-state index in [-0.39, 0.29) is 0 Å². The van der Waals surface area contributed by atoms with Crippen LogP contribution in [-0.4, -0.2) is 13.2 Å². The molecule has 0 saturated heterocycles. The smallest absolute Gasteiger partial charge is 0.108 e. The van der Waals surface area contributed by atoms with Gasteiger partial charge in [0.25, 0.3) is 0 Å². The Morgan fingerprint density at radius 1 is 1.29 bits per heavy atom. The Balaban J connectivity index is 2.27. The SMILES string of the molecule is C/C=C/C=C(\C)COCC#Cc1ccccc1. The first-order valence-corrected chi connectivity index (χ1v) is 5.73. The standard InChI is InChI=1S/C16H18O/c1-3-4-9-15(2)14-17-13-8-12-16-10-6-5-7-11-16/h3-7,9-11H,13-14H2,1-2H3/b4-3+,15-9+. The van der Waals surface area contributed by atoms with E-state index in [1.165, 1.54) is 5.57 Å². The molecular weight excluding hydrogens is 208 g/mol. The molecule has 0 aliphatic rings. The van der Waals surface area contributed by atoms with Crippen LogP contribution in [0.25, 0.3) is 0 Å². The lowest BCUT2D eigenvalue weighted by Gasteiger charge is -1.98. The minimum absolute atomic E-state index is 0.468. The highest BCUT2D eigenvalue weighted by atomic mass is 16.5. The Hall–Kier alpha value is -1.78. The summed E-state index contributed by atoms with van der Waals surface area (Å²) in [4.78, 5) is 0. The maximum atomic E-state index is 5.44. The van der Waals surface area contributed by atoms with Crippen molar-refractivity contribution in [3.63, 3.8) is 0 Å². The van der Waals surface area contributed by atoms with E-state index >= 15 is 0 Å². The van der Waals surface area contributed by atoms with Crippen LogP contribution in [0.2, 0.25) is 0 Å². The Morgan fingerprint density at radius 3 is 2.76 bits per heavy atom. The lowest BCUT2D eigenvalue weighted by atomic mass is 10.2. The van der Waals surface area contributed by atoms with E-state index in [1.54, 1.807) is 0 Å². The maximum absolute atomic E-state index is 5.44. The Kier molecular flexibility index (Phi) is 6.55. The molecule has 0 radical (unpaired) electrons. The fourth-order valence-corrected chi connectivity index (χ4v) is 1.23. The summed E-state index contributed by atoms with van der Waals surface area (Å²) in [5, 5.41) is 0. The summed E-state index contributed by atoms with van der Waals surface area (Å²) < 4.78 is 5.44. The van der Waals surface area contributed by atoms with Crippen molar-refractivity contribution in [3.8, 4) is 11.8 Å². The Labute approximate surface area is 104 Å². The van der Waals surface area contributed by atoms with Gasteiger partial charge in [-0.25, -0.2) is 0 Å². The average Bonchev–Trinajstić information content (AvgIpc) is 2.37. The summed E-state index contributed by atoms with van der Waals surface area (Å²) >= 11 is 0. The largest absolute Gasteiger partial charge is 0.364 e. The van der Waals surface area contributed by atoms with E-state index < -0.39 is 0 Å². The predicted molar refractivity (Wildman–Crippen MR) is 72.7 cm³/mol. The van der Waals surface area contributed by atoms with Gasteiger partial charge in [0.05, 0.1) is 6.61 Å². The van der Waals surface area contributed by atoms with Gasteiger partial charge in [-0.1, -0.05) is 48.3 Å². The summed E-state index contributed by atoms with van der Waals surface area (Å²) in [5.41, 5.74) is 2.22. The van der Waals surface area contributed by atoms with Gasteiger partial charge in [0.15, 0.2) is 0 Å². The average molecular weight is 226 g/mol. The second kappa shape index (κ2) is 8.38. The van der Waals surface area contributed by atoms with Crippen molar-refractivity contribution >= 4 is 0 Å². The van der Waals surface area contributed by atoms with E-state index in [0.717, 1.165) is 5.56 Å². The van der Waals surface area contributed by atoms with Crippen LogP contribution in [-0.2, 0) is 4.74 Å². The zero-order chi connectivity index (χ0) is 12.3. The molecule has 1 nitrogen and oxygen atoms in total. The number of hydrogen-bond donors (Lipinski definition) is 0. The fourth-order valence-electron chi connectivity index (χ4n) is 1.23. The topological polar surface area (TPSA) is 9.23 Å². The van der Waals surface area contributed by atoms with Crippen molar-refractivity contribution in [1.82, 2.24) is 0 Å². The van der Waals surface area contributed by atoms with E-state index in [4.69, 9.17) is 4.74 Å². The van der Waals surface area contributed by atoms with Gasteiger partial charge >= 0.3 is 0 Å². The van der Waals surface area contributed by atoms with Crippen molar-refractivity contribution in [2.75, 3.05) is 13.2 Å². The van der Waals surface area contributed by atoms with Crippen molar-refractivity contribution in [2.45, 2.75) is 13.8 Å². The molecule has 88 valence electrons. The predicted octanol–water partition coefficient (Wildman–Crippen LogP) is 3.58. The maximum Gasteiger partial charge on any atom is 0.108 e. The first-order chi connectivity index (χ1) is 8.33. The Bertz CT molecular complexity index is 430. The monoisotopic (exact) mass is 226 g/mol. The second-order valence-corrected chi connectivity index (χ2v) is 3.70. The summed E-state index contributed by atoms with van der Waals surface area (Å²) in [6.07, 6.45) is 6.05. The summed E-state index contributed by atoms with van der Waals surface area (Å²) in [6.45, 7) is 5.14. The van der Waals surface area contributed by atoms with Crippen LogP contribution in [0.3, 0.4) is 0 Å². The number of ether oxygens (including phenoxy) is 1. The Morgan fingerprint density at radius 2 is 2.06 bits per heavy atom. The van der Waals surface area contributed by atoms with Crippen LogP contribution in [0.1, 0.15) is 19.4 Å².